The van der Waals surface area contributed by atoms with Gasteiger partial charge in [0.05, 0.1) is 12.8 Å². The number of thiocarbonyl (C=S) groups is 1. The van der Waals surface area contributed by atoms with E-state index >= 15 is 0 Å². The second kappa shape index (κ2) is 6.51. The highest BCUT2D eigenvalue weighted by Gasteiger charge is 2.15. The molecule has 0 fully saturated rings. The predicted octanol–water partition coefficient (Wildman–Crippen LogP) is 2.63. The van der Waals surface area contributed by atoms with Gasteiger partial charge in [-0.25, -0.2) is 4.98 Å². The van der Waals surface area contributed by atoms with Gasteiger partial charge >= 0.3 is 0 Å². The van der Waals surface area contributed by atoms with Crippen molar-refractivity contribution in [2.45, 2.75) is 0 Å². The van der Waals surface area contributed by atoms with Gasteiger partial charge in [-0.3, -0.25) is 4.79 Å². The van der Waals surface area contributed by atoms with Gasteiger partial charge in [0.1, 0.15) is 10.6 Å². The van der Waals surface area contributed by atoms with Crippen molar-refractivity contribution in [3.63, 3.8) is 0 Å². The summed E-state index contributed by atoms with van der Waals surface area (Å²) in [6.07, 6.45) is 1.54. The number of anilines is 1. The number of amides is 1. The van der Waals surface area contributed by atoms with Crippen molar-refractivity contribution in [3.05, 3.63) is 52.7 Å². The van der Waals surface area contributed by atoms with E-state index in [1.165, 1.54) is 13.3 Å². The molecule has 1 heterocycles. The fraction of sp³-hybridized carbons (Fsp3) is 0.0714. The van der Waals surface area contributed by atoms with E-state index < -0.39 is 0 Å². The Bertz CT molecular complexity index is 706. The molecule has 5 nitrogen and oxygen atoms in total. The van der Waals surface area contributed by atoms with Crippen LogP contribution in [-0.2, 0) is 0 Å². The zero-order valence-electron chi connectivity index (χ0n) is 11.1. The Balaban J connectivity index is 2.36. The van der Waals surface area contributed by atoms with Gasteiger partial charge in [0.25, 0.3) is 5.91 Å². The zero-order chi connectivity index (χ0) is 15.4. The van der Waals surface area contributed by atoms with Gasteiger partial charge in [-0.15, -0.1) is 0 Å². The van der Waals surface area contributed by atoms with Gasteiger partial charge in [0.15, 0.2) is 0 Å². The SMILES string of the molecule is COc1ncccc1C(=O)Nc1cc(Cl)ccc1C(N)=S. The zero-order valence-corrected chi connectivity index (χ0v) is 12.7. The Kier molecular flexibility index (Phi) is 4.72. The normalized spacial score (nSPS) is 10.0. The minimum atomic E-state index is -0.389. The molecule has 1 aromatic carbocycles. The molecule has 2 aromatic rings. The molecular formula is C14H12ClN3O2S. The Morgan fingerprint density at radius 1 is 1.38 bits per heavy atom. The number of methoxy groups -OCH3 is 1. The van der Waals surface area contributed by atoms with Crippen LogP contribution in [0.25, 0.3) is 0 Å². The van der Waals surface area contributed by atoms with E-state index in [4.69, 9.17) is 34.3 Å². The van der Waals surface area contributed by atoms with E-state index in [0.717, 1.165) is 0 Å². The van der Waals surface area contributed by atoms with E-state index in [2.05, 4.69) is 10.3 Å². The first-order valence-electron chi connectivity index (χ1n) is 5.92. The maximum absolute atomic E-state index is 12.3. The maximum atomic E-state index is 12.3. The van der Waals surface area contributed by atoms with Crippen molar-refractivity contribution < 1.29 is 9.53 Å². The summed E-state index contributed by atoms with van der Waals surface area (Å²) in [6.45, 7) is 0. The highest BCUT2D eigenvalue weighted by Crippen LogP contribution is 2.23. The van der Waals surface area contributed by atoms with Crippen molar-refractivity contribution in [3.8, 4) is 5.88 Å². The molecule has 0 spiro atoms. The number of rotatable bonds is 4. The van der Waals surface area contributed by atoms with Crippen molar-refractivity contribution >= 4 is 40.4 Å². The second-order valence-corrected chi connectivity index (χ2v) is 4.94. The molecule has 0 unspecified atom stereocenters. The van der Waals surface area contributed by atoms with Crippen LogP contribution in [0.4, 0.5) is 5.69 Å². The van der Waals surface area contributed by atoms with Gasteiger partial charge in [0.2, 0.25) is 5.88 Å². The fourth-order valence-corrected chi connectivity index (χ4v) is 2.10. The molecule has 2 rings (SSSR count). The molecule has 0 radical (unpaired) electrons. The van der Waals surface area contributed by atoms with Gasteiger partial charge in [0, 0.05) is 16.8 Å². The Hall–Kier alpha value is -2.18. The average molecular weight is 322 g/mol. The molecule has 0 aliphatic rings. The minimum absolute atomic E-state index is 0.167. The maximum Gasteiger partial charge on any atom is 0.261 e. The summed E-state index contributed by atoms with van der Waals surface area (Å²) in [4.78, 5) is 16.5. The third-order valence-electron chi connectivity index (χ3n) is 2.70. The molecule has 1 amide bonds. The number of nitrogens with two attached hydrogens (primary N) is 1. The largest absolute Gasteiger partial charge is 0.480 e. The lowest BCUT2D eigenvalue weighted by Crippen LogP contribution is -2.18. The number of hydrogen-bond donors (Lipinski definition) is 2. The summed E-state index contributed by atoms with van der Waals surface area (Å²) in [7, 11) is 1.44. The molecule has 21 heavy (non-hydrogen) atoms. The first-order chi connectivity index (χ1) is 10.0. The van der Waals surface area contributed by atoms with Crippen LogP contribution in [0.2, 0.25) is 5.02 Å². The molecule has 108 valence electrons. The first-order valence-corrected chi connectivity index (χ1v) is 6.71. The van der Waals surface area contributed by atoms with E-state index in [-0.39, 0.29) is 16.8 Å². The van der Waals surface area contributed by atoms with E-state index in [0.29, 0.717) is 21.8 Å². The molecule has 0 atom stereocenters. The Labute approximate surface area is 132 Å². The summed E-state index contributed by atoms with van der Waals surface area (Å²) in [5.41, 5.74) is 6.90. The fourth-order valence-electron chi connectivity index (χ4n) is 1.75. The van der Waals surface area contributed by atoms with Crippen LogP contribution in [0.1, 0.15) is 15.9 Å². The lowest BCUT2D eigenvalue weighted by molar-refractivity contribution is 0.102. The van der Waals surface area contributed by atoms with Crippen LogP contribution in [0, 0.1) is 0 Å². The van der Waals surface area contributed by atoms with Crippen LogP contribution in [0.3, 0.4) is 0 Å². The number of aromatic nitrogens is 1. The van der Waals surface area contributed by atoms with Crippen molar-refractivity contribution in [2.24, 2.45) is 5.73 Å². The minimum Gasteiger partial charge on any atom is -0.480 e. The van der Waals surface area contributed by atoms with Gasteiger partial charge < -0.3 is 15.8 Å². The number of carbonyl (C=O) groups is 1. The summed E-state index contributed by atoms with van der Waals surface area (Å²) in [6, 6.07) is 8.13. The monoisotopic (exact) mass is 321 g/mol. The third-order valence-corrected chi connectivity index (χ3v) is 3.16. The van der Waals surface area contributed by atoms with Crippen LogP contribution < -0.4 is 15.8 Å². The van der Waals surface area contributed by atoms with Crippen LogP contribution in [-0.4, -0.2) is 23.0 Å². The quantitative estimate of drug-likeness (QED) is 0.846. The number of nitrogens with zero attached hydrogens (tertiary/aromatic N) is 1. The van der Waals surface area contributed by atoms with Gasteiger partial charge in [-0.05, 0) is 30.3 Å². The Morgan fingerprint density at radius 2 is 2.14 bits per heavy atom. The molecule has 1 aromatic heterocycles. The van der Waals surface area contributed by atoms with Crippen LogP contribution in [0.15, 0.2) is 36.5 Å². The highest BCUT2D eigenvalue weighted by molar-refractivity contribution is 7.80. The van der Waals surface area contributed by atoms with E-state index in [9.17, 15) is 4.79 Å². The smallest absolute Gasteiger partial charge is 0.261 e. The van der Waals surface area contributed by atoms with Crippen molar-refractivity contribution in [2.75, 3.05) is 12.4 Å². The summed E-state index contributed by atoms with van der Waals surface area (Å²) in [5.74, 6) is -0.159. The lowest BCUT2D eigenvalue weighted by atomic mass is 10.1. The van der Waals surface area contributed by atoms with Gasteiger partial charge in [-0.1, -0.05) is 23.8 Å². The molecule has 0 aliphatic heterocycles. The average Bonchev–Trinajstić information content (AvgIpc) is 2.46. The number of pyridine rings is 1. The molecule has 7 heteroatoms. The first kappa shape index (κ1) is 15.2. The molecule has 0 saturated heterocycles. The molecule has 3 N–H and O–H groups in total. The lowest BCUT2D eigenvalue weighted by Gasteiger charge is -2.12. The number of carbonyl (C=O) groups excluding carboxylic acids is 1. The van der Waals surface area contributed by atoms with Crippen LogP contribution in [0.5, 0.6) is 5.88 Å². The van der Waals surface area contributed by atoms with Crippen molar-refractivity contribution in [1.29, 1.82) is 0 Å². The van der Waals surface area contributed by atoms with Gasteiger partial charge in [-0.2, -0.15) is 0 Å². The van der Waals surface area contributed by atoms with Crippen LogP contribution >= 0.6 is 23.8 Å². The number of nitrogens with one attached hydrogen (secondary N) is 1. The Morgan fingerprint density at radius 3 is 2.81 bits per heavy atom. The predicted molar refractivity (Wildman–Crippen MR) is 86.1 cm³/mol. The molecule has 0 aliphatic carbocycles. The number of halogens is 1. The topological polar surface area (TPSA) is 77.2 Å². The summed E-state index contributed by atoms with van der Waals surface area (Å²) >= 11 is 10.9. The summed E-state index contributed by atoms with van der Waals surface area (Å²) < 4.78 is 5.06. The van der Waals surface area contributed by atoms with E-state index in [1.54, 1.807) is 30.3 Å². The molecule has 0 saturated carbocycles. The molecule has 0 bridgehead atoms. The van der Waals surface area contributed by atoms with E-state index in [1.807, 2.05) is 0 Å². The number of ether oxygens (including phenoxy) is 1. The second-order valence-electron chi connectivity index (χ2n) is 4.07. The number of hydrogen-bond acceptors (Lipinski definition) is 4. The highest BCUT2D eigenvalue weighted by atomic mass is 35.5. The standard InChI is InChI=1S/C14H12ClN3O2S/c1-20-14-10(3-2-6-17-14)13(19)18-11-7-8(15)4-5-9(11)12(16)21/h2-7H,1H3,(H2,16,21)(H,18,19). The van der Waals surface area contributed by atoms with Crippen molar-refractivity contribution in [1.82, 2.24) is 4.98 Å². The third kappa shape index (κ3) is 3.48. The summed E-state index contributed by atoms with van der Waals surface area (Å²) in [5, 5.41) is 3.17. The molecular weight excluding hydrogens is 310 g/mol. The number of benzene rings is 1.